The number of aromatic nitrogens is 4. The summed E-state index contributed by atoms with van der Waals surface area (Å²) >= 11 is 1.46. The molecule has 2 aromatic carbocycles. The molecule has 0 radical (unpaired) electrons. The molecule has 2 aromatic heterocycles. The summed E-state index contributed by atoms with van der Waals surface area (Å²) in [6, 6.07) is 15.2. The van der Waals surface area contributed by atoms with Crippen molar-refractivity contribution in [3.8, 4) is 39.1 Å². The highest BCUT2D eigenvalue weighted by Crippen LogP contribution is 2.35. The molecular weight excluding hydrogens is 362 g/mol. The van der Waals surface area contributed by atoms with Crippen LogP contribution in [-0.4, -0.2) is 34.2 Å². The minimum Gasteiger partial charge on any atom is -0.497 e. The largest absolute Gasteiger partial charge is 0.497 e. The Labute approximate surface area is 160 Å². The summed E-state index contributed by atoms with van der Waals surface area (Å²) < 4.78 is 12.2. The normalized spacial score (nSPS) is 10.7. The molecule has 0 amide bonds. The molecule has 0 aliphatic heterocycles. The van der Waals surface area contributed by atoms with Crippen LogP contribution in [0.25, 0.3) is 27.6 Å². The van der Waals surface area contributed by atoms with Gasteiger partial charge in [-0.05, 0) is 24.3 Å². The Morgan fingerprint density at radius 3 is 2.70 bits per heavy atom. The number of hydrogen-bond acceptors (Lipinski definition) is 7. The predicted molar refractivity (Wildman–Crippen MR) is 105 cm³/mol. The highest BCUT2D eigenvalue weighted by Gasteiger charge is 2.18. The lowest BCUT2D eigenvalue weighted by molar-refractivity contribution is 0.414. The second-order valence-corrected chi connectivity index (χ2v) is 6.53. The maximum atomic E-state index is 6.30. The Morgan fingerprint density at radius 1 is 1.04 bits per heavy atom. The van der Waals surface area contributed by atoms with Gasteiger partial charge in [-0.15, -0.1) is 16.4 Å². The molecule has 0 atom stereocenters. The van der Waals surface area contributed by atoms with Gasteiger partial charge in [0.25, 0.3) is 0 Å². The Morgan fingerprint density at radius 2 is 1.89 bits per heavy atom. The summed E-state index contributed by atoms with van der Waals surface area (Å²) in [6.45, 7) is 0. The van der Waals surface area contributed by atoms with Crippen molar-refractivity contribution < 1.29 is 9.47 Å². The zero-order valence-corrected chi connectivity index (χ0v) is 15.6. The van der Waals surface area contributed by atoms with Gasteiger partial charge >= 0.3 is 0 Å². The van der Waals surface area contributed by atoms with E-state index < -0.39 is 0 Å². The molecule has 0 saturated carbocycles. The van der Waals surface area contributed by atoms with Gasteiger partial charge < -0.3 is 15.2 Å². The minimum atomic E-state index is 0.421. The Balaban J connectivity index is 1.71. The van der Waals surface area contributed by atoms with Gasteiger partial charge in [-0.25, -0.2) is 4.98 Å². The molecule has 2 heterocycles. The Kier molecular flexibility index (Phi) is 4.47. The highest BCUT2D eigenvalue weighted by atomic mass is 32.1. The van der Waals surface area contributed by atoms with Crippen LogP contribution >= 0.6 is 11.3 Å². The van der Waals surface area contributed by atoms with E-state index in [0.717, 1.165) is 28.4 Å². The van der Waals surface area contributed by atoms with Crippen molar-refractivity contribution in [2.24, 2.45) is 0 Å². The molecule has 0 bridgehead atoms. The van der Waals surface area contributed by atoms with E-state index in [2.05, 4.69) is 15.3 Å². The summed E-state index contributed by atoms with van der Waals surface area (Å²) in [5.41, 5.74) is 9.34. The van der Waals surface area contributed by atoms with Gasteiger partial charge in [0.2, 0.25) is 0 Å². The third-order valence-electron chi connectivity index (χ3n) is 4.09. The topological polar surface area (TPSA) is 88.1 Å². The predicted octanol–water partition coefficient (Wildman–Crippen LogP) is 3.66. The van der Waals surface area contributed by atoms with E-state index in [-0.39, 0.29) is 0 Å². The summed E-state index contributed by atoms with van der Waals surface area (Å²) in [6.07, 6.45) is 0. The first-order chi connectivity index (χ1) is 13.2. The van der Waals surface area contributed by atoms with E-state index in [1.165, 1.54) is 11.3 Å². The van der Waals surface area contributed by atoms with Crippen molar-refractivity contribution in [1.29, 1.82) is 0 Å². The molecule has 0 spiro atoms. The van der Waals surface area contributed by atoms with Gasteiger partial charge in [-0.3, -0.25) is 0 Å². The lowest BCUT2D eigenvalue weighted by Gasteiger charge is -2.05. The van der Waals surface area contributed by atoms with Crippen LogP contribution in [-0.2, 0) is 0 Å². The van der Waals surface area contributed by atoms with Crippen molar-refractivity contribution in [2.45, 2.75) is 0 Å². The van der Waals surface area contributed by atoms with Crippen molar-refractivity contribution in [3.05, 3.63) is 53.9 Å². The first kappa shape index (κ1) is 17.0. The molecule has 0 saturated heterocycles. The molecule has 27 heavy (non-hydrogen) atoms. The highest BCUT2D eigenvalue weighted by molar-refractivity contribution is 7.13. The van der Waals surface area contributed by atoms with Gasteiger partial charge in [-0.2, -0.15) is 4.68 Å². The lowest BCUT2D eigenvalue weighted by atomic mass is 10.1. The van der Waals surface area contributed by atoms with E-state index in [9.17, 15) is 0 Å². The summed E-state index contributed by atoms with van der Waals surface area (Å²) in [5, 5.41) is 11.1. The van der Waals surface area contributed by atoms with E-state index in [1.54, 1.807) is 18.9 Å². The fourth-order valence-electron chi connectivity index (χ4n) is 2.74. The van der Waals surface area contributed by atoms with Crippen LogP contribution < -0.4 is 15.2 Å². The van der Waals surface area contributed by atoms with Crippen LogP contribution in [0.1, 0.15) is 0 Å². The van der Waals surface area contributed by atoms with E-state index >= 15 is 0 Å². The van der Waals surface area contributed by atoms with Crippen LogP contribution in [0.15, 0.2) is 53.9 Å². The SMILES string of the molecule is COc1cccc(-n2nnc(-c3nc(-c4ccccc4OC)cs3)c2N)c1. The fourth-order valence-corrected chi connectivity index (χ4v) is 3.55. The number of rotatable bonds is 5. The number of methoxy groups -OCH3 is 2. The third-order valence-corrected chi connectivity index (χ3v) is 4.94. The molecular formula is C19H17N5O2S. The monoisotopic (exact) mass is 379 g/mol. The third kappa shape index (κ3) is 3.11. The van der Waals surface area contributed by atoms with Gasteiger partial charge in [-0.1, -0.05) is 23.4 Å². The average molecular weight is 379 g/mol. The fraction of sp³-hybridized carbons (Fsp3) is 0.105. The van der Waals surface area contributed by atoms with Gasteiger partial charge in [0, 0.05) is 17.0 Å². The maximum Gasteiger partial charge on any atom is 0.165 e. The number of anilines is 1. The molecule has 0 fully saturated rings. The number of benzene rings is 2. The quantitative estimate of drug-likeness (QED) is 0.569. The van der Waals surface area contributed by atoms with Crippen LogP contribution in [0, 0.1) is 0 Å². The number of hydrogen-bond donors (Lipinski definition) is 1. The van der Waals surface area contributed by atoms with Crippen molar-refractivity contribution >= 4 is 17.2 Å². The molecule has 7 nitrogen and oxygen atoms in total. The minimum absolute atomic E-state index is 0.421. The van der Waals surface area contributed by atoms with Crippen molar-refractivity contribution in [3.63, 3.8) is 0 Å². The summed E-state index contributed by atoms with van der Waals surface area (Å²) in [5.74, 6) is 1.91. The Bertz CT molecular complexity index is 1090. The van der Waals surface area contributed by atoms with Crippen molar-refractivity contribution in [2.75, 3.05) is 20.0 Å². The van der Waals surface area contributed by atoms with Crippen LogP contribution in [0.3, 0.4) is 0 Å². The second kappa shape index (κ2) is 7.08. The standard InChI is InChI=1S/C19H17N5O2S/c1-25-13-7-5-6-12(10-13)24-18(20)17(22-23-24)19-21-15(11-27-19)14-8-3-4-9-16(14)26-2/h3-11H,20H2,1-2H3. The number of nitrogens with two attached hydrogens (primary N) is 1. The molecule has 0 aliphatic rings. The first-order valence-corrected chi connectivity index (χ1v) is 9.04. The second-order valence-electron chi connectivity index (χ2n) is 5.67. The van der Waals surface area contributed by atoms with Crippen molar-refractivity contribution in [1.82, 2.24) is 20.0 Å². The molecule has 4 aromatic rings. The van der Waals surface area contributed by atoms with Gasteiger partial charge in [0.05, 0.1) is 25.6 Å². The summed E-state index contributed by atoms with van der Waals surface area (Å²) in [7, 11) is 3.26. The number of para-hydroxylation sites is 1. The Hall–Kier alpha value is -3.39. The summed E-state index contributed by atoms with van der Waals surface area (Å²) in [4.78, 5) is 4.68. The molecule has 8 heteroatoms. The number of ether oxygens (including phenoxy) is 2. The first-order valence-electron chi connectivity index (χ1n) is 8.16. The zero-order chi connectivity index (χ0) is 18.8. The molecule has 136 valence electrons. The van der Waals surface area contributed by atoms with E-state index in [0.29, 0.717) is 16.5 Å². The number of nitrogen functional groups attached to an aromatic ring is 1. The van der Waals surface area contributed by atoms with Crippen LogP contribution in [0.2, 0.25) is 0 Å². The van der Waals surface area contributed by atoms with Gasteiger partial charge in [0.1, 0.15) is 16.5 Å². The molecule has 4 rings (SSSR count). The van der Waals surface area contributed by atoms with Crippen LogP contribution in [0.5, 0.6) is 11.5 Å². The number of nitrogens with zero attached hydrogens (tertiary/aromatic N) is 4. The molecule has 0 unspecified atom stereocenters. The van der Waals surface area contributed by atoms with E-state index in [1.807, 2.05) is 53.9 Å². The maximum absolute atomic E-state index is 6.30. The van der Waals surface area contributed by atoms with E-state index in [4.69, 9.17) is 15.2 Å². The average Bonchev–Trinajstić information content (AvgIpc) is 3.34. The molecule has 2 N–H and O–H groups in total. The van der Waals surface area contributed by atoms with Crippen LogP contribution in [0.4, 0.5) is 5.82 Å². The zero-order valence-electron chi connectivity index (χ0n) is 14.8. The lowest BCUT2D eigenvalue weighted by Crippen LogP contribution is -2.02. The molecule has 0 aliphatic carbocycles. The smallest absolute Gasteiger partial charge is 0.165 e. The van der Waals surface area contributed by atoms with Gasteiger partial charge in [0.15, 0.2) is 11.5 Å². The number of thiazole rings is 1.